The van der Waals surface area contributed by atoms with Gasteiger partial charge in [0, 0.05) is 6.20 Å². The molecule has 0 aliphatic heterocycles. The molecule has 0 saturated carbocycles. The van der Waals surface area contributed by atoms with Crippen LogP contribution in [0.3, 0.4) is 0 Å². The maximum atomic E-state index is 11.3. The minimum Gasteiger partial charge on any atom is -0.243 e. The van der Waals surface area contributed by atoms with Gasteiger partial charge in [0.05, 0.1) is 0 Å². The molecule has 0 aliphatic rings. The molecule has 13 heavy (non-hydrogen) atoms. The van der Waals surface area contributed by atoms with Crippen molar-refractivity contribution in [2.24, 2.45) is 0 Å². The van der Waals surface area contributed by atoms with Crippen LogP contribution in [0.15, 0.2) is 17.2 Å². The highest BCUT2D eigenvalue weighted by Crippen LogP contribution is 2.16. The van der Waals surface area contributed by atoms with Crippen molar-refractivity contribution < 1.29 is 8.42 Å². The zero-order valence-corrected chi connectivity index (χ0v) is 8.78. The van der Waals surface area contributed by atoms with E-state index < -0.39 is 10.0 Å². The molecule has 0 fully saturated rings. The average Bonchev–Trinajstić information content (AvgIpc) is 2.03. The fraction of sp³-hybridized carbons (Fsp3) is 0.286. The number of pyridine rings is 1. The highest BCUT2D eigenvalue weighted by atomic mass is 35.5. The number of sulfonamides is 1. The molecule has 4 nitrogen and oxygen atoms in total. The third-order valence-corrected chi connectivity index (χ3v) is 3.34. The highest BCUT2D eigenvalue weighted by Gasteiger charge is 2.14. The Morgan fingerprint density at radius 2 is 2.15 bits per heavy atom. The van der Waals surface area contributed by atoms with Crippen LogP contribution in [0.5, 0.6) is 0 Å². The minimum atomic E-state index is -3.42. The van der Waals surface area contributed by atoms with Crippen LogP contribution in [-0.4, -0.2) is 20.4 Å². The highest BCUT2D eigenvalue weighted by molar-refractivity contribution is 7.89. The van der Waals surface area contributed by atoms with E-state index in [1.54, 1.807) is 6.92 Å². The van der Waals surface area contributed by atoms with Crippen molar-refractivity contribution in [3.05, 3.63) is 23.0 Å². The smallest absolute Gasteiger partial charge is 0.242 e. The Kier molecular flexibility index (Phi) is 2.90. The van der Waals surface area contributed by atoms with E-state index in [0.717, 1.165) is 0 Å². The molecule has 1 N–H and O–H groups in total. The molecule has 0 spiro atoms. The number of rotatable bonds is 2. The fourth-order valence-corrected chi connectivity index (χ4v) is 2.01. The summed E-state index contributed by atoms with van der Waals surface area (Å²) >= 11 is 5.58. The van der Waals surface area contributed by atoms with E-state index in [4.69, 9.17) is 11.6 Å². The second-order valence-corrected chi connectivity index (χ2v) is 4.72. The summed E-state index contributed by atoms with van der Waals surface area (Å²) in [6, 6.07) is 1.51. The number of nitrogens with one attached hydrogen (secondary N) is 1. The van der Waals surface area contributed by atoms with Gasteiger partial charge in [0.25, 0.3) is 0 Å². The molecule has 0 atom stereocenters. The molecule has 0 saturated heterocycles. The minimum absolute atomic E-state index is 0.152. The van der Waals surface area contributed by atoms with Crippen molar-refractivity contribution in [3.8, 4) is 0 Å². The monoisotopic (exact) mass is 220 g/mol. The topological polar surface area (TPSA) is 59.1 Å². The first kappa shape index (κ1) is 10.4. The second kappa shape index (κ2) is 3.61. The Hall–Kier alpha value is -0.650. The van der Waals surface area contributed by atoms with Crippen LogP contribution in [-0.2, 0) is 10.0 Å². The van der Waals surface area contributed by atoms with Gasteiger partial charge in [0.15, 0.2) is 0 Å². The van der Waals surface area contributed by atoms with Gasteiger partial charge in [0.1, 0.15) is 10.0 Å². The average molecular weight is 221 g/mol. The summed E-state index contributed by atoms with van der Waals surface area (Å²) in [7, 11) is -2.07. The molecule has 0 radical (unpaired) electrons. The fourth-order valence-electron chi connectivity index (χ4n) is 0.900. The molecule has 0 amide bonds. The maximum Gasteiger partial charge on any atom is 0.242 e. The number of aryl methyl sites for hydroxylation is 1. The molecule has 0 aliphatic carbocycles. The Labute approximate surface area is 82.0 Å². The Morgan fingerprint density at radius 3 is 2.62 bits per heavy atom. The van der Waals surface area contributed by atoms with Crippen molar-refractivity contribution in [1.82, 2.24) is 9.71 Å². The van der Waals surface area contributed by atoms with Crippen LogP contribution in [0.2, 0.25) is 5.15 Å². The number of nitrogens with zero attached hydrogens (tertiary/aromatic N) is 1. The Balaban J connectivity index is 3.33. The predicted octanol–water partition coefficient (Wildman–Crippen LogP) is 0.952. The standard InChI is InChI=1S/C7H9ClN2O2S/c1-5-3-7(8)10-4-6(5)13(11,12)9-2/h3-4,9H,1-2H3. The van der Waals surface area contributed by atoms with Crippen LogP contribution in [0.4, 0.5) is 0 Å². The van der Waals surface area contributed by atoms with Gasteiger partial charge < -0.3 is 0 Å². The first-order chi connectivity index (χ1) is 5.97. The van der Waals surface area contributed by atoms with E-state index >= 15 is 0 Å². The lowest BCUT2D eigenvalue weighted by Gasteiger charge is -2.04. The van der Waals surface area contributed by atoms with Gasteiger partial charge >= 0.3 is 0 Å². The van der Waals surface area contributed by atoms with Crippen LogP contribution < -0.4 is 4.72 Å². The molecule has 0 bridgehead atoms. The zero-order chi connectivity index (χ0) is 10.1. The van der Waals surface area contributed by atoms with Gasteiger partial charge in [-0.3, -0.25) is 0 Å². The molecular formula is C7H9ClN2O2S. The van der Waals surface area contributed by atoms with Gasteiger partial charge in [0.2, 0.25) is 10.0 Å². The molecule has 1 rings (SSSR count). The van der Waals surface area contributed by atoms with Crippen LogP contribution in [0.25, 0.3) is 0 Å². The molecule has 0 unspecified atom stereocenters. The SMILES string of the molecule is CNS(=O)(=O)c1cnc(Cl)cc1C. The molecular weight excluding hydrogens is 212 g/mol. The van der Waals surface area contributed by atoms with Crippen LogP contribution in [0.1, 0.15) is 5.56 Å². The lowest BCUT2D eigenvalue weighted by Crippen LogP contribution is -2.19. The van der Waals surface area contributed by atoms with E-state index in [1.807, 2.05) is 0 Å². The maximum absolute atomic E-state index is 11.3. The zero-order valence-electron chi connectivity index (χ0n) is 7.20. The van der Waals surface area contributed by atoms with Gasteiger partial charge in [-0.1, -0.05) is 11.6 Å². The first-order valence-corrected chi connectivity index (χ1v) is 5.39. The molecule has 1 aromatic rings. The van der Waals surface area contributed by atoms with Crippen molar-refractivity contribution in [2.45, 2.75) is 11.8 Å². The molecule has 1 aromatic heterocycles. The third-order valence-electron chi connectivity index (χ3n) is 1.59. The predicted molar refractivity (Wildman–Crippen MR) is 50.2 cm³/mol. The first-order valence-electron chi connectivity index (χ1n) is 3.53. The van der Waals surface area contributed by atoms with E-state index in [2.05, 4.69) is 9.71 Å². The largest absolute Gasteiger partial charge is 0.243 e. The van der Waals surface area contributed by atoms with Crippen molar-refractivity contribution in [3.63, 3.8) is 0 Å². The van der Waals surface area contributed by atoms with E-state index in [0.29, 0.717) is 5.56 Å². The molecule has 0 aromatic carbocycles. The summed E-state index contributed by atoms with van der Waals surface area (Å²) in [6.07, 6.45) is 1.24. The Bertz CT molecular complexity index is 417. The normalized spacial score (nSPS) is 11.6. The summed E-state index contributed by atoms with van der Waals surface area (Å²) in [5.41, 5.74) is 0.578. The van der Waals surface area contributed by atoms with Gasteiger partial charge in [-0.2, -0.15) is 0 Å². The van der Waals surface area contributed by atoms with Gasteiger partial charge in [-0.15, -0.1) is 0 Å². The lowest BCUT2D eigenvalue weighted by atomic mass is 10.3. The summed E-state index contributed by atoms with van der Waals surface area (Å²) < 4.78 is 24.9. The van der Waals surface area contributed by atoms with Crippen molar-refractivity contribution in [2.75, 3.05) is 7.05 Å². The summed E-state index contributed by atoms with van der Waals surface area (Å²) in [5, 5.41) is 0.285. The van der Waals surface area contributed by atoms with Crippen molar-refractivity contribution in [1.29, 1.82) is 0 Å². The van der Waals surface area contributed by atoms with E-state index in [-0.39, 0.29) is 10.0 Å². The number of hydrogen-bond acceptors (Lipinski definition) is 3. The summed E-state index contributed by atoms with van der Waals surface area (Å²) in [4.78, 5) is 3.85. The van der Waals surface area contributed by atoms with Gasteiger partial charge in [-0.05, 0) is 25.6 Å². The van der Waals surface area contributed by atoms with Crippen LogP contribution >= 0.6 is 11.6 Å². The number of aromatic nitrogens is 1. The number of hydrogen-bond donors (Lipinski definition) is 1. The lowest BCUT2D eigenvalue weighted by molar-refractivity contribution is 0.587. The summed E-state index contributed by atoms with van der Waals surface area (Å²) in [6.45, 7) is 1.66. The van der Waals surface area contributed by atoms with Crippen LogP contribution in [0, 0.1) is 6.92 Å². The molecule has 72 valence electrons. The molecule has 1 heterocycles. The van der Waals surface area contributed by atoms with Gasteiger partial charge in [-0.25, -0.2) is 18.1 Å². The quantitative estimate of drug-likeness (QED) is 0.755. The van der Waals surface area contributed by atoms with E-state index in [1.165, 1.54) is 19.3 Å². The summed E-state index contributed by atoms with van der Waals surface area (Å²) in [5.74, 6) is 0. The number of halogens is 1. The van der Waals surface area contributed by atoms with Crippen molar-refractivity contribution >= 4 is 21.6 Å². The second-order valence-electron chi connectivity index (χ2n) is 2.48. The third kappa shape index (κ3) is 2.18. The Morgan fingerprint density at radius 1 is 1.54 bits per heavy atom. The molecule has 6 heteroatoms. The van der Waals surface area contributed by atoms with E-state index in [9.17, 15) is 8.42 Å².